The molecule has 2 N–H and O–H groups in total. The van der Waals surface area contributed by atoms with Crippen LogP contribution in [-0.4, -0.2) is 97.5 Å². The van der Waals surface area contributed by atoms with Crippen LogP contribution in [0.25, 0.3) is 0 Å². The lowest BCUT2D eigenvalue weighted by Crippen LogP contribution is -2.37. The summed E-state index contributed by atoms with van der Waals surface area (Å²) in [5.74, 6) is 0.0647. The number of hydrogen-bond acceptors (Lipinski definition) is 12. The van der Waals surface area contributed by atoms with Crippen LogP contribution < -0.4 is 5.73 Å². The predicted octanol–water partition coefficient (Wildman–Crippen LogP) is 8.12. The molecule has 0 aromatic heterocycles. The number of ether oxygens (including phenoxy) is 4. The molecule has 0 heterocycles. The summed E-state index contributed by atoms with van der Waals surface area (Å²) < 4.78 is 23.1. The van der Waals surface area contributed by atoms with Crippen molar-refractivity contribution >= 4 is 27.9 Å². The second-order valence-corrected chi connectivity index (χ2v) is 15.1. The molecule has 54 heavy (non-hydrogen) atoms. The van der Waals surface area contributed by atoms with Crippen LogP contribution in [0.15, 0.2) is 93.7 Å². The standard InChI is InChI=1S/C41H63BrN6O6/c1-6-20-48(21-7-2)32-17-19-34(30(5)26-32)44-46-36-28-39(52-23-13-11-15-25-54-41(50)9-4)37(47-45-35-18-16-31(43)27-33(35)42)29-38(36)51-22-12-10-14-24-53-40(49)8-3/h8-9,16-19,26,28,30-31,33-38H,3-4,6-7,10-15,20-25,27,29,43H2,1-2,5H3/b46-44+,47-45+. The van der Waals surface area contributed by atoms with Crippen molar-refractivity contribution in [1.29, 1.82) is 0 Å². The summed E-state index contributed by atoms with van der Waals surface area (Å²) >= 11 is 3.74. The van der Waals surface area contributed by atoms with Crippen LogP contribution in [0, 0.1) is 5.92 Å². The lowest BCUT2D eigenvalue weighted by Gasteiger charge is -2.32. The molecule has 0 amide bonds. The summed E-state index contributed by atoms with van der Waals surface area (Å²) in [6, 6.07) is -0.984. The Balaban J connectivity index is 1.78. The fourth-order valence-electron chi connectivity index (χ4n) is 6.37. The fraction of sp³-hybridized carbons (Fsp3) is 0.659. The molecule has 3 aliphatic carbocycles. The van der Waals surface area contributed by atoms with Crippen LogP contribution >= 0.6 is 15.9 Å². The van der Waals surface area contributed by atoms with Crippen LogP contribution in [0.3, 0.4) is 0 Å². The Kier molecular flexibility index (Phi) is 21.3. The van der Waals surface area contributed by atoms with Crippen molar-refractivity contribution in [3.63, 3.8) is 0 Å². The summed E-state index contributed by atoms with van der Waals surface area (Å²) in [6.07, 6.45) is 22.9. The van der Waals surface area contributed by atoms with Gasteiger partial charge >= 0.3 is 11.9 Å². The van der Waals surface area contributed by atoms with E-state index in [4.69, 9.17) is 45.1 Å². The van der Waals surface area contributed by atoms with Crippen molar-refractivity contribution in [3.8, 4) is 0 Å². The third kappa shape index (κ3) is 16.1. The highest BCUT2D eigenvalue weighted by Gasteiger charge is 2.35. The lowest BCUT2D eigenvalue weighted by molar-refractivity contribution is -0.138. The Morgan fingerprint density at radius 2 is 1.43 bits per heavy atom. The molecule has 0 aromatic carbocycles. The van der Waals surface area contributed by atoms with E-state index in [1.807, 2.05) is 18.2 Å². The topological polar surface area (TPSA) is 150 Å². The number of rotatable bonds is 25. The maximum Gasteiger partial charge on any atom is 0.330 e. The van der Waals surface area contributed by atoms with E-state index in [-0.39, 0.29) is 47.1 Å². The number of hydrogen-bond donors (Lipinski definition) is 1. The van der Waals surface area contributed by atoms with Gasteiger partial charge in [0.1, 0.15) is 23.9 Å². The van der Waals surface area contributed by atoms with Crippen molar-refractivity contribution in [1.82, 2.24) is 4.90 Å². The zero-order valence-corrected chi connectivity index (χ0v) is 34.2. The molecule has 0 saturated heterocycles. The molecule has 0 aromatic rings. The maximum atomic E-state index is 11.4. The molecule has 3 aliphatic rings. The smallest absolute Gasteiger partial charge is 0.330 e. The monoisotopic (exact) mass is 814 g/mol. The number of nitrogens with two attached hydrogens (primary N) is 1. The maximum absolute atomic E-state index is 11.4. The van der Waals surface area contributed by atoms with Gasteiger partial charge in [-0.05, 0) is 69.9 Å². The Morgan fingerprint density at radius 3 is 2.04 bits per heavy atom. The third-order valence-corrected chi connectivity index (χ3v) is 10.3. The molecule has 3 rings (SSSR count). The second kappa shape index (κ2) is 25.6. The SMILES string of the molecule is C=CC(=O)OCCCCCOC1=CC(/N=N/C2C=CC(N(CCC)CCC)=CC2C)C(OCCCCCOC(=O)C=C)CC1/N=N/C1C=CC(N)CC1Br. The van der Waals surface area contributed by atoms with E-state index in [2.05, 4.69) is 73.0 Å². The molecule has 0 radical (unpaired) electrons. The van der Waals surface area contributed by atoms with Crippen molar-refractivity contribution in [3.05, 3.63) is 73.2 Å². The first-order chi connectivity index (χ1) is 26.2. The van der Waals surface area contributed by atoms with Gasteiger partial charge in [0.2, 0.25) is 0 Å². The van der Waals surface area contributed by atoms with E-state index in [1.54, 1.807) is 0 Å². The summed E-state index contributed by atoms with van der Waals surface area (Å²) in [5, 5.41) is 19.3. The highest BCUT2D eigenvalue weighted by molar-refractivity contribution is 9.09. The minimum absolute atomic E-state index is 0.0112. The van der Waals surface area contributed by atoms with E-state index in [9.17, 15) is 9.59 Å². The number of unbranched alkanes of at least 4 members (excludes halogenated alkanes) is 4. The molecular formula is C41H63BrN6O6. The van der Waals surface area contributed by atoms with Gasteiger partial charge in [-0.1, -0.05) is 74.2 Å². The van der Waals surface area contributed by atoms with Crippen LogP contribution in [0.5, 0.6) is 0 Å². The predicted molar refractivity (Wildman–Crippen MR) is 216 cm³/mol. The van der Waals surface area contributed by atoms with E-state index in [0.29, 0.717) is 38.6 Å². The Hall–Kier alpha value is -3.42. The molecule has 0 aliphatic heterocycles. The fourth-order valence-corrected chi connectivity index (χ4v) is 7.09. The average Bonchev–Trinajstić information content (AvgIpc) is 3.16. The van der Waals surface area contributed by atoms with Gasteiger partial charge in [-0.2, -0.15) is 20.5 Å². The first-order valence-electron chi connectivity index (χ1n) is 19.8. The van der Waals surface area contributed by atoms with Gasteiger partial charge in [-0.3, -0.25) is 0 Å². The van der Waals surface area contributed by atoms with Crippen molar-refractivity contribution < 1.29 is 28.5 Å². The summed E-state index contributed by atoms with van der Waals surface area (Å²) in [6.45, 7) is 17.2. The molecule has 0 spiro atoms. The largest absolute Gasteiger partial charge is 0.496 e. The van der Waals surface area contributed by atoms with Gasteiger partial charge in [0.25, 0.3) is 0 Å². The summed E-state index contributed by atoms with van der Waals surface area (Å²) in [5.41, 5.74) is 7.37. The first-order valence-corrected chi connectivity index (χ1v) is 20.7. The molecular weight excluding hydrogens is 752 g/mol. The molecule has 300 valence electrons. The molecule has 0 saturated carbocycles. The van der Waals surface area contributed by atoms with Gasteiger partial charge in [0, 0.05) is 60.8 Å². The molecule has 8 atom stereocenters. The van der Waals surface area contributed by atoms with Crippen LogP contribution in [-0.2, 0) is 28.5 Å². The minimum atomic E-state index is -0.414. The highest BCUT2D eigenvalue weighted by Crippen LogP contribution is 2.31. The summed E-state index contributed by atoms with van der Waals surface area (Å²) in [7, 11) is 0. The molecule has 8 unspecified atom stereocenters. The van der Waals surface area contributed by atoms with Crippen molar-refractivity contribution in [2.45, 2.75) is 126 Å². The number of allylic oxidation sites excluding steroid dienone is 1. The van der Waals surface area contributed by atoms with E-state index >= 15 is 0 Å². The van der Waals surface area contributed by atoms with Gasteiger partial charge in [-0.25, -0.2) is 9.59 Å². The number of alkyl halides is 1. The highest BCUT2D eigenvalue weighted by atomic mass is 79.9. The van der Waals surface area contributed by atoms with E-state index in [0.717, 1.165) is 70.9 Å². The molecule has 13 heteroatoms. The normalized spacial score (nSPS) is 26.7. The van der Waals surface area contributed by atoms with E-state index < -0.39 is 11.9 Å². The van der Waals surface area contributed by atoms with Gasteiger partial charge in [0.15, 0.2) is 0 Å². The number of carbonyl (C=O) groups is 2. The summed E-state index contributed by atoms with van der Waals surface area (Å²) in [4.78, 5) is 25.3. The number of halogens is 1. The van der Waals surface area contributed by atoms with Crippen LogP contribution in [0.2, 0.25) is 0 Å². The number of azo groups is 2. The average molecular weight is 816 g/mol. The van der Waals surface area contributed by atoms with Crippen LogP contribution in [0.4, 0.5) is 0 Å². The second-order valence-electron chi connectivity index (χ2n) is 14.0. The molecule has 12 nitrogen and oxygen atoms in total. The Labute approximate surface area is 331 Å². The van der Waals surface area contributed by atoms with E-state index in [1.165, 1.54) is 17.8 Å². The van der Waals surface area contributed by atoms with Crippen molar-refractivity contribution in [2.75, 3.05) is 39.5 Å². The Morgan fingerprint density at radius 1 is 0.815 bits per heavy atom. The zero-order chi connectivity index (χ0) is 39.1. The van der Waals surface area contributed by atoms with Gasteiger partial charge in [-0.15, -0.1) is 0 Å². The lowest BCUT2D eigenvalue weighted by atomic mass is 9.94. The number of esters is 2. The van der Waals surface area contributed by atoms with Crippen molar-refractivity contribution in [2.24, 2.45) is 32.1 Å². The minimum Gasteiger partial charge on any atom is -0.496 e. The van der Waals surface area contributed by atoms with Gasteiger partial charge in [0.05, 0.1) is 32.0 Å². The van der Waals surface area contributed by atoms with Crippen LogP contribution in [0.1, 0.15) is 85.0 Å². The zero-order valence-electron chi connectivity index (χ0n) is 32.6. The number of nitrogens with zero attached hydrogens (tertiary/aromatic N) is 5. The van der Waals surface area contributed by atoms with Gasteiger partial charge < -0.3 is 29.6 Å². The quantitative estimate of drug-likeness (QED) is 0.0243. The first kappa shape index (κ1) is 45.0. The molecule has 0 bridgehead atoms. The molecule has 0 fully saturated rings. The third-order valence-electron chi connectivity index (χ3n) is 9.38. The Bertz CT molecular complexity index is 1360. The number of carbonyl (C=O) groups excluding carboxylic acids is 2.